The normalized spacial score (nSPS) is 16.7. The molecule has 3 rings (SSSR count). The van der Waals surface area contributed by atoms with E-state index in [4.69, 9.17) is 9.05 Å². The van der Waals surface area contributed by atoms with Crippen molar-refractivity contribution in [2.45, 2.75) is 82.4 Å². The third-order valence-electron chi connectivity index (χ3n) is 5.64. The number of carbonyl (C=O) groups is 2. The molecule has 0 spiro atoms. The first-order valence-electron chi connectivity index (χ1n) is 10.6. The molecule has 2 unspecified atom stereocenters. The lowest BCUT2D eigenvalue weighted by molar-refractivity contribution is -0.137. The van der Waals surface area contributed by atoms with Crippen LogP contribution >= 0.6 is 0 Å². The Labute approximate surface area is 182 Å². The summed E-state index contributed by atoms with van der Waals surface area (Å²) in [5.41, 5.74) is 0.407. The van der Waals surface area contributed by atoms with Crippen LogP contribution in [0.4, 0.5) is 0 Å². The largest absolute Gasteiger partial charge is 0.481 e. The fourth-order valence-electron chi connectivity index (χ4n) is 4.07. The smallest absolute Gasteiger partial charge is 0.304 e. The van der Waals surface area contributed by atoms with Crippen LogP contribution in [-0.4, -0.2) is 36.5 Å². The molecule has 0 radical (unpaired) electrons. The van der Waals surface area contributed by atoms with Gasteiger partial charge in [0.15, 0.2) is 16.7 Å². The second-order valence-electron chi connectivity index (χ2n) is 8.04. The van der Waals surface area contributed by atoms with E-state index in [0.717, 1.165) is 12.8 Å². The van der Waals surface area contributed by atoms with Crippen LogP contribution in [-0.2, 0) is 15.8 Å². The highest BCUT2D eigenvalue weighted by Crippen LogP contribution is 2.31. The lowest BCUT2D eigenvalue weighted by Gasteiger charge is -2.21. The highest BCUT2D eigenvalue weighted by molar-refractivity contribution is 7.83. The highest BCUT2D eigenvalue weighted by atomic mass is 32.2. The van der Waals surface area contributed by atoms with E-state index < -0.39 is 28.8 Å². The minimum atomic E-state index is -1.90. The monoisotopic (exact) mass is 452 g/mol. The molecule has 2 N–H and O–H groups in total. The number of rotatable bonds is 10. The first-order valence-corrected chi connectivity index (χ1v) is 11.7. The molecule has 2 aromatic rings. The number of hydrogen-bond acceptors (Lipinski definition) is 8. The van der Waals surface area contributed by atoms with Gasteiger partial charge in [0, 0.05) is 5.92 Å². The van der Waals surface area contributed by atoms with Gasteiger partial charge in [-0.05, 0) is 26.2 Å². The zero-order chi connectivity index (χ0) is 22.4. The number of carboxylic acid groups (broad SMARTS) is 1. The number of amides is 1. The van der Waals surface area contributed by atoms with Crippen LogP contribution in [0.2, 0.25) is 0 Å². The number of nitrogens with zero attached hydrogens (tertiary/aromatic N) is 3. The van der Waals surface area contributed by atoms with Gasteiger partial charge < -0.3 is 14.2 Å². The Kier molecular flexibility index (Phi) is 7.94. The molecule has 31 heavy (non-hydrogen) atoms. The summed E-state index contributed by atoms with van der Waals surface area (Å²) in [5, 5.41) is 16.6. The molecule has 2 atom stereocenters. The van der Waals surface area contributed by atoms with Crippen LogP contribution in [0.5, 0.6) is 0 Å². The first kappa shape index (κ1) is 23.1. The maximum atomic E-state index is 12.4. The molecule has 2 aromatic heterocycles. The van der Waals surface area contributed by atoms with Gasteiger partial charge in [-0.3, -0.25) is 14.3 Å². The van der Waals surface area contributed by atoms with Gasteiger partial charge >= 0.3 is 11.9 Å². The Morgan fingerprint density at radius 3 is 2.58 bits per heavy atom. The van der Waals surface area contributed by atoms with Crippen LogP contribution in [0, 0.1) is 19.8 Å². The average molecular weight is 453 g/mol. The summed E-state index contributed by atoms with van der Waals surface area (Å²) in [6, 6.07) is 0. The summed E-state index contributed by atoms with van der Waals surface area (Å²) in [6.45, 7) is 3.21. The summed E-state index contributed by atoms with van der Waals surface area (Å²) >= 11 is 0. The lowest BCUT2D eigenvalue weighted by atomic mass is 9.84. The van der Waals surface area contributed by atoms with Gasteiger partial charge in [-0.25, -0.2) is 4.21 Å². The van der Waals surface area contributed by atoms with Crippen molar-refractivity contribution >= 4 is 22.9 Å². The third kappa shape index (κ3) is 6.22. The average Bonchev–Trinajstić information content (AvgIpc) is 3.34. The Hall–Kier alpha value is -2.56. The Morgan fingerprint density at radius 1 is 1.19 bits per heavy atom. The van der Waals surface area contributed by atoms with Crippen molar-refractivity contribution in [3.63, 3.8) is 0 Å². The van der Waals surface area contributed by atoms with Gasteiger partial charge in [-0.2, -0.15) is 4.98 Å². The lowest BCUT2D eigenvalue weighted by Crippen LogP contribution is -2.27. The van der Waals surface area contributed by atoms with Crippen LogP contribution in [0.3, 0.4) is 0 Å². The predicted molar refractivity (Wildman–Crippen MR) is 110 cm³/mol. The van der Waals surface area contributed by atoms with Crippen molar-refractivity contribution in [1.82, 2.24) is 20.0 Å². The number of aryl methyl sites for hydroxylation is 2. The van der Waals surface area contributed by atoms with Gasteiger partial charge in [0.1, 0.15) is 4.90 Å². The Bertz CT molecular complexity index is 915. The predicted octanol–water partition coefficient (Wildman–Crippen LogP) is 3.44. The summed E-state index contributed by atoms with van der Waals surface area (Å²) in [7, 11) is -1.90. The van der Waals surface area contributed by atoms with E-state index in [1.807, 2.05) is 0 Å². The van der Waals surface area contributed by atoms with Gasteiger partial charge in [-0.1, -0.05) is 55.3 Å². The molecule has 0 bridgehead atoms. The highest BCUT2D eigenvalue weighted by Gasteiger charge is 2.26. The first-order chi connectivity index (χ1) is 14.8. The molecule has 0 aromatic carbocycles. The van der Waals surface area contributed by atoms with E-state index in [9.17, 15) is 18.9 Å². The maximum Gasteiger partial charge on any atom is 0.304 e. The van der Waals surface area contributed by atoms with E-state index >= 15 is 0 Å². The van der Waals surface area contributed by atoms with Crippen molar-refractivity contribution in [1.29, 1.82) is 0 Å². The Balaban J connectivity index is 1.61. The molecule has 1 aliphatic carbocycles. The zero-order valence-corrected chi connectivity index (χ0v) is 18.6. The van der Waals surface area contributed by atoms with Gasteiger partial charge in [0.2, 0.25) is 5.89 Å². The van der Waals surface area contributed by atoms with E-state index in [0.29, 0.717) is 23.8 Å². The summed E-state index contributed by atoms with van der Waals surface area (Å²) in [5.74, 6) is -1.37. The zero-order valence-electron chi connectivity index (χ0n) is 17.8. The molecule has 0 saturated heterocycles. The van der Waals surface area contributed by atoms with Crippen LogP contribution in [0.25, 0.3) is 0 Å². The van der Waals surface area contributed by atoms with Crippen molar-refractivity contribution in [2.75, 3.05) is 0 Å². The standard InChI is InChI=1S/C20H28N4O6S/c1-12-17(13(2)29-22-12)31(28)24-19(27)18-21-20(30-23-18)15(11-16(25)26)10-6-9-14-7-4-3-5-8-14/h14-15H,3-11H2,1-2H3,(H,24,27)(H,25,26). The van der Waals surface area contributed by atoms with Gasteiger partial charge in [0.25, 0.3) is 5.82 Å². The quantitative estimate of drug-likeness (QED) is 0.553. The third-order valence-corrected chi connectivity index (χ3v) is 6.97. The summed E-state index contributed by atoms with van der Waals surface area (Å²) in [6.07, 6.45) is 8.65. The Morgan fingerprint density at radius 2 is 1.94 bits per heavy atom. The van der Waals surface area contributed by atoms with E-state index in [1.54, 1.807) is 13.8 Å². The fourth-order valence-corrected chi connectivity index (χ4v) is 5.03. The van der Waals surface area contributed by atoms with Crippen LogP contribution < -0.4 is 4.72 Å². The molecular formula is C20H28N4O6S. The molecule has 1 saturated carbocycles. The SMILES string of the molecule is Cc1noc(C)c1S(=O)NC(=O)c1noc(C(CCCC2CCCCC2)CC(=O)O)n1. The molecule has 11 heteroatoms. The van der Waals surface area contributed by atoms with E-state index in [2.05, 4.69) is 20.0 Å². The van der Waals surface area contributed by atoms with Crippen molar-refractivity contribution in [2.24, 2.45) is 5.92 Å². The topological polar surface area (TPSA) is 148 Å². The number of carboxylic acids is 1. The van der Waals surface area contributed by atoms with Crippen LogP contribution in [0.1, 0.15) is 91.7 Å². The van der Waals surface area contributed by atoms with Crippen LogP contribution in [0.15, 0.2) is 13.9 Å². The molecule has 1 fully saturated rings. The maximum absolute atomic E-state index is 12.4. The minimum Gasteiger partial charge on any atom is -0.481 e. The van der Waals surface area contributed by atoms with Gasteiger partial charge in [-0.15, -0.1) is 0 Å². The van der Waals surface area contributed by atoms with Crippen molar-refractivity contribution in [3.05, 3.63) is 23.2 Å². The van der Waals surface area contributed by atoms with E-state index in [1.165, 1.54) is 32.1 Å². The molecule has 0 aliphatic heterocycles. The van der Waals surface area contributed by atoms with Crippen molar-refractivity contribution < 1.29 is 28.0 Å². The summed E-state index contributed by atoms with van der Waals surface area (Å²) in [4.78, 5) is 28.1. The minimum absolute atomic E-state index is 0.110. The molecule has 1 aliphatic rings. The molecule has 2 heterocycles. The van der Waals surface area contributed by atoms with Gasteiger partial charge in [0.05, 0.1) is 12.1 Å². The fraction of sp³-hybridized carbons (Fsp3) is 0.650. The molecule has 1 amide bonds. The molecular weight excluding hydrogens is 424 g/mol. The van der Waals surface area contributed by atoms with Crippen molar-refractivity contribution in [3.8, 4) is 0 Å². The number of nitrogens with one attached hydrogen (secondary N) is 1. The second-order valence-corrected chi connectivity index (χ2v) is 9.19. The second kappa shape index (κ2) is 10.7. The molecule has 10 nitrogen and oxygen atoms in total. The molecule has 170 valence electrons. The number of aliphatic carboxylic acids is 1. The number of hydrogen-bond donors (Lipinski definition) is 2. The number of aromatic nitrogens is 3. The number of carbonyl (C=O) groups excluding carboxylic acids is 1. The van der Waals surface area contributed by atoms with E-state index in [-0.39, 0.29) is 23.0 Å². The summed E-state index contributed by atoms with van der Waals surface area (Å²) < 4.78 is 24.9.